The van der Waals surface area contributed by atoms with Gasteiger partial charge in [-0.15, -0.1) is 0 Å². The second kappa shape index (κ2) is 10.9. The zero-order valence-electron chi connectivity index (χ0n) is 16.7. The topological polar surface area (TPSA) is 40.1 Å². The van der Waals surface area contributed by atoms with Gasteiger partial charge in [0.05, 0.1) is 6.10 Å². The monoisotopic (exact) mass is 362 g/mol. The Morgan fingerprint density at radius 3 is 2.65 bits per heavy atom. The average molecular weight is 363 g/mol. The van der Waals surface area contributed by atoms with E-state index in [0.29, 0.717) is 12.1 Å². The summed E-state index contributed by atoms with van der Waals surface area (Å²) >= 11 is 0. The average Bonchev–Trinajstić information content (AvgIpc) is 3.36. The van der Waals surface area contributed by atoms with E-state index >= 15 is 0 Å². The molecular formula is C21H38N4O. The number of likely N-dealkylation sites (tertiary alicyclic amines) is 1. The van der Waals surface area contributed by atoms with Gasteiger partial charge < -0.3 is 15.0 Å². The number of ether oxygens (including phenoxy) is 1. The van der Waals surface area contributed by atoms with E-state index in [2.05, 4.69) is 32.3 Å². The highest BCUT2D eigenvalue weighted by Crippen LogP contribution is 2.20. The molecule has 3 aliphatic rings. The molecule has 1 N–H and O–H groups in total. The molecule has 3 rings (SSSR count). The molecule has 1 saturated carbocycles. The fourth-order valence-corrected chi connectivity index (χ4v) is 4.44. The molecule has 1 saturated heterocycles. The molecule has 148 valence electrons. The number of guanidine groups is 1. The molecule has 0 bridgehead atoms. The molecule has 0 aromatic rings. The van der Waals surface area contributed by atoms with E-state index in [1.807, 2.05) is 7.05 Å². The van der Waals surface area contributed by atoms with Gasteiger partial charge >= 0.3 is 0 Å². The minimum absolute atomic E-state index is 0.551. The molecule has 0 amide bonds. The first kappa shape index (κ1) is 19.7. The van der Waals surface area contributed by atoms with Crippen LogP contribution in [0.25, 0.3) is 0 Å². The van der Waals surface area contributed by atoms with Gasteiger partial charge in [-0.2, -0.15) is 0 Å². The summed E-state index contributed by atoms with van der Waals surface area (Å²) in [7, 11) is 1.91. The van der Waals surface area contributed by atoms with E-state index in [1.165, 1.54) is 57.8 Å². The Morgan fingerprint density at radius 2 is 1.88 bits per heavy atom. The van der Waals surface area contributed by atoms with Crippen molar-refractivity contribution in [3.05, 3.63) is 12.2 Å². The largest absolute Gasteiger partial charge is 0.378 e. The third kappa shape index (κ3) is 5.98. The van der Waals surface area contributed by atoms with Crippen LogP contribution in [0.2, 0.25) is 0 Å². The van der Waals surface area contributed by atoms with Crippen LogP contribution in [0.3, 0.4) is 0 Å². The van der Waals surface area contributed by atoms with Crippen LogP contribution < -0.4 is 5.32 Å². The van der Waals surface area contributed by atoms with Gasteiger partial charge in [0.15, 0.2) is 5.96 Å². The highest BCUT2D eigenvalue weighted by molar-refractivity contribution is 5.80. The lowest BCUT2D eigenvalue weighted by Gasteiger charge is -2.25. The van der Waals surface area contributed by atoms with Crippen LogP contribution in [0, 0.1) is 0 Å². The van der Waals surface area contributed by atoms with Gasteiger partial charge in [-0.25, -0.2) is 0 Å². The summed E-state index contributed by atoms with van der Waals surface area (Å²) in [4.78, 5) is 9.49. The lowest BCUT2D eigenvalue weighted by molar-refractivity contribution is 0.0264. The van der Waals surface area contributed by atoms with Crippen molar-refractivity contribution in [3.8, 4) is 0 Å². The Labute approximate surface area is 159 Å². The second-order valence-corrected chi connectivity index (χ2v) is 7.98. The fraction of sp³-hybridized carbons (Fsp3) is 0.857. The maximum absolute atomic E-state index is 6.01. The van der Waals surface area contributed by atoms with Gasteiger partial charge in [-0.1, -0.05) is 31.4 Å². The SMILES string of the molecule is CN=C(NCCCCCOC1CCCCC1)N1CCC(N2CC=CC2)C1. The summed E-state index contributed by atoms with van der Waals surface area (Å²) in [6.45, 7) is 6.42. The van der Waals surface area contributed by atoms with Gasteiger partial charge in [0.25, 0.3) is 0 Å². The molecule has 0 aromatic carbocycles. The molecule has 2 fully saturated rings. The quantitative estimate of drug-likeness (QED) is 0.312. The van der Waals surface area contributed by atoms with Crippen molar-refractivity contribution in [3.63, 3.8) is 0 Å². The number of hydrogen-bond donors (Lipinski definition) is 1. The molecule has 26 heavy (non-hydrogen) atoms. The number of rotatable bonds is 8. The number of nitrogens with zero attached hydrogens (tertiary/aromatic N) is 3. The van der Waals surface area contributed by atoms with Crippen LogP contribution in [0.15, 0.2) is 17.1 Å². The maximum Gasteiger partial charge on any atom is 0.193 e. The Kier molecular flexibility index (Phi) is 8.27. The van der Waals surface area contributed by atoms with Crippen LogP contribution in [-0.4, -0.2) is 74.3 Å². The zero-order chi connectivity index (χ0) is 18.0. The first-order valence-corrected chi connectivity index (χ1v) is 10.8. The van der Waals surface area contributed by atoms with E-state index in [0.717, 1.165) is 45.3 Å². The van der Waals surface area contributed by atoms with Gasteiger partial charge in [0, 0.05) is 52.4 Å². The Balaban J connectivity index is 1.23. The van der Waals surface area contributed by atoms with E-state index in [1.54, 1.807) is 0 Å². The summed E-state index contributed by atoms with van der Waals surface area (Å²) in [5, 5.41) is 3.56. The number of unbranched alkanes of at least 4 members (excludes halogenated alkanes) is 2. The molecule has 1 unspecified atom stereocenters. The highest BCUT2D eigenvalue weighted by Gasteiger charge is 2.29. The van der Waals surface area contributed by atoms with E-state index in [9.17, 15) is 0 Å². The first-order valence-electron chi connectivity index (χ1n) is 10.8. The van der Waals surface area contributed by atoms with E-state index in [-0.39, 0.29) is 0 Å². The third-order valence-electron chi connectivity index (χ3n) is 6.05. The molecular weight excluding hydrogens is 324 g/mol. The molecule has 1 aliphatic carbocycles. The molecule has 2 heterocycles. The van der Waals surface area contributed by atoms with Crippen LogP contribution in [0.1, 0.15) is 57.8 Å². The third-order valence-corrected chi connectivity index (χ3v) is 6.05. The van der Waals surface area contributed by atoms with Crippen molar-refractivity contribution in [2.24, 2.45) is 4.99 Å². The number of hydrogen-bond acceptors (Lipinski definition) is 3. The fourth-order valence-electron chi connectivity index (χ4n) is 4.44. The molecule has 0 aromatic heterocycles. The normalized spacial score (nSPS) is 25.3. The molecule has 2 aliphatic heterocycles. The van der Waals surface area contributed by atoms with E-state index < -0.39 is 0 Å². The van der Waals surface area contributed by atoms with Gasteiger partial charge in [-0.05, 0) is 38.5 Å². The summed E-state index contributed by atoms with van der Waals surface area (Å²) in [6.07, 6.45) is 16.7. The smallest absolute Gasteiger partial charge is 0.193 e. The Bertz CT molecular complexity index is 451. The van der Waals surface area contributed by atoms with Crippen LogP contribution >= 0.6 is 0 Å². The minimum Gasteiger partial charge on any atom is -0.378 e. The predicted octanol–water partition coefficient (Wildman–Crippen LogP) is 3.03. The summed E-state index contributed by atoms with van der Waals surface area (Å²) < 4.78 is 6.01. The number of nitrogens with one attached hydrogen (secondary N) is 1. The molecule has 5 nitrogen and oxygen atoms in total. The summed E-state index contributed by atoms with van der Waals surface area (Å²) in [5.74, 6) is 1.08. The molecule has 0 spiro atoms. The van der Waals surface area contributed by atoms with Crippen molar-refractivity contribution in [1.29, 1.82) is 0 Å². The van der Waals surface area contributed by atoms with E-state index in [4.69, 9.17) is 4.74 Å². The molecule has 5 heteroatoms. The number of aliphatic imine (C=N–C) groups is 1. The van der Waals surface area contributed by atoms with Crippen LogP contribution in [0.5, 0.6) is 0 Å². The molecule has 1 atom stereocenters. The second-order valence-electron chi connectivity index (χ2n) is 7.98. The molecule has 0 radical (unpaired) electrons. The summed E-state index contributed by atoms with van der Waals surface area (Å²) in [6, 6.07) is 0.681. The van der Waals surface area contributed by atoms with Crippen LogP contribution in [0.4, 0.5) is 0 Å². The van der Waals surface area contributed by atoms with Crippen molar-refractivity contribution >= 4 is 5.96 Å². The van der Waals surface area contributed by atoms with Crippen LogP contribution in [-0.2, 0) is 4.74 Å². The minimum atomic E-state index is 0.551. The highest BCUT2D eigenvalue weighted by atomic mass is 16.5. The lowest BCUT2D eigenvalue weighted by Crippen LogP contribution is -2.43. The first-order chi connectivity index (χ1) is 12.9. The van der Waals surface area contributed by atoms with Crippen molar-refractivity contribution in [2.75, 3.05) is 46.4 Å². The Hall–Kier alpha value is -1.07. The van der Waals surface area contributed by atoms with Crippen molar-refractivity contribution < 1.29 is 4.74 Å². The zero-order valence-corrected chi connectivity index (χ0v) is 16.7. The summed E-state index contributed by atoms with van der Waals surface area (Å²) in [5.41, 5.74) is 0. The maximum atomic E-state index is 6.01. The van der Waals surface area contributed by atoms with Crippen molar-refractivity contribution in [1.82, 2.24) is 15.1 Å². The lowest BCUT2D eigenvalue weighted by atomic mass is 9.98. The van der Waals surface area contributed by atoms with Gasteiger partial charge in [0.2, 0.25) is 0 Å². The van der Waals surface area contributed by atoms with Crippen molar-refractivity contribution in [2.45, 2.75) is 69.9 Å². The predicted molar refractivity (Wildman–Crippen MR) is 109 cm³/mol. The Morgan fingerprint density at radius 1 is 1.08 bits per heavy atom. The van der Waals surface area contributed by atoms with Gasteiger partial charge in [0.1, 0.15) is 0 Å². The standard InChI is InChI=1S/C21H38N4O/c1-22-21(25-16-12-19(18-25)24-14-7-8-15-24)23-13-6-3-9-17-26-20-10-4-2-5-11-20/h7-8,19-20H,2-6,9-18H2,1H3,(H,22,23). The van der Waals surface area contributed by atoms with Gasteiger partial charge in [-0.3, -0.25) is 9.89 Å².